The van der Waals surface area contributed by atoms with E-state index in [2.05, 4.69) is 15.5 Å². The number of rotatable bonds is 6. The topological polar surface area (TPSA) is 122 Å². The summed E-state index contributed by atoms with van der Waals surface area (Å²) in [5.74, 6) is 0.0503. The molecule has 4 rings (SSSR count). The fraction of sp³-hybridized carbons (Fsp3) is 0.833. The van der Waals surface area contributed by atoms with Crippen molar-refractivity contribution in [1.29, 1.82) is 0 Å². The third kappa shape index (κ3) is 4.52. The second kappa shape index (κ2) is 8.73. The van der Waals surface area contributed by atoms with Crippen LogP contribution in [0.1, 0.15) is 72.6 Å². The summed E-state index contributed by atoms with van der Waals surface area (Å²) in [6, 6.07) is -0.982. The molecule has 168 valence electrons. The molecule has 3 N–H and O–H groups in total. The van der Waals surface area contributed by atoms with Gasteiger partial charge < -0.3 is 11.1 Å². The molecular weight excluding hydrogens is 431 g/mol. The molecular formula is C18H29FN6O3S2. The van der Waals surface area contributed by atoms with Crippen molar-refractivity contribution in [3.8, 4) is 0 Å². The molecule has 2 saturated heterocycles. The van der Waals surface area contributed by atoms with Crippen LogP contribution in [0.4, 0.5) is 4.39 Å². The number of piperidine rings is 2. The maximum atomic E-state index is 15.2. The van der Waals surface area contributed by atoms with E-state index >= 15 is 4.39 Å². The first kappa shape index (κ1) is 22.0. The van der Waals surface area contributed by atoms with Crippen LogP contribution in [-0.2, 0) is 10.2 Å². The maximum Gasteiger partial charge on any atom is 0.284 e. The average molecular weight is 461 g/mol. The number of halogens is 1. The van der Waals surface area contributed by atoms with E-state index in [4.69, 9.17) is 5.73 Å². The molecule has 0 spiro atoms. The zero-order chi connectivity index (χ0) is 21.5. The summed E-state index contributed by atoms with van der Waals surface area (Å²) in [7, 11) is -3.92. The minimum atomic E-state index is -3.92. The van der Waals surface area contributed by atoms with Crippen molar-refractivity contribution in [2.45, 2.75) is 82.2 Å². The van der Waals surface area contributed by atoms with Crippen molar-refractivity contribution in [3.05, 3.63) is 10.0 Å². The molecule has 3 fully saturated rings. The van der Waals surface area contributed by atoms with E-state index in [9.17, 15) is 13.2 Å². The Kier molecular flexibility index (Phi) is 6.40. The molecule has 3 heterocycles. The predicted molar refractivity (Wildman–Crippen MR) is 111 cm³/mol. The van der Waals surface area contributed by atoms with Gasteiger partial charge in [0, 0.05) is 43.6 Å². The third-order valence-electron chi connectivity index (χ3n) is 6.13. The number of hydrogen-bond donors (Lipinski definition) is 2. The molecule has 2 aliphatic heterocycles. The van der Waals surface area contributed by atoms with E-state index in [0.29, 0.717) is 44.7 Å². The Morgan fingerprint density at radius 3 is 2.57 bits per heavy atom. The molecule has 1 aliphatic carbocycles. The number of nitrogens with zero attached hydrogens (tertiary/aromatic N) is 4. The van der Waals surface area contributed by atoms with Gasteiger partial charge in [-0.25, -0.2) is 4.39 Å². The largest absolute Gasteiger partial charge is 0.347 e. The second-order valence-electron chi connectivity index (χ2n) is 8.43. The van der Waals surface area contributed by atoms with Gasteiger partial charge in [-0.2, -0.15) is 17.0 Å². The van der Waals surface area contributed by atoms with Gasteiger partial charge in [-0.05, 0) is 38.5 Å². The SMILES string of the molecule is CC[C@H]1C[C@@H](NC(=O)c2nnc(C3CC3)s2)C[C@@H](F)N1S(=O)(=O)N1CCC(N)CC1. The molecule has 1 amide bonds. The summed E-state index contributed by atoms with van der Waals surface area (Å²) in [5, 5.41) is 12.0. The molecule has 9 nitrogen and oxygen atoms in total. The molecule has 1 aromatic heterocycles. The van der Waals surface area contributed by atoms with Gasteiger partial charge >= 0.3 is 0 Å². The molecule has 3 aliphatic rings. The van der Waals surface area contributed by atoms with Crippen LogP contribution in [0.15, 0.2) is 0 Å². The number of aromatic nitrogens is 2. The van der Waals surface area contributed by atoms with Gasteiger partial charge in [0.05, 0.1) is 0 Å². The van der Waals surface area contributed by atoms with Crippen LogP contribution in [0, 0.1) is 0 Å². The molecule has 0 radical (unpaired) electrons. The lowest BCUT2D eigenvalue weighted by molar-refractivity contribution is 0.0473. The van der Waals surface area contributed by atoms with Gasteiger partial charge in [0.1, 0.15) is 5.01 Å². The average Bonchev–Trinajstić information content (AvgIpc) is 3.43. The van der Waals surface area contributed by atoms with Gasteiger partial charge in [-0.1, -0.05) is 18.3 Å². The van der Waals surface area contributed by atoms with E-state index < -0.39 is 28.6 Å². The van der Waals surface area contributed by atoms with E-state index in [-0.39, 0.29) is 23.4 Å². The van der Waals surface area contributed by atoms with Crippen LogP contribution in [0.25, 0.3) is 0 Å². The molecule has 1 saturated carbocycles. The number of amides is 1. The normalized spacial score (nSPS) is 29.8. The van der Waals surface area contributed by atoms with Crippen LogP contribution in [0.2, 0.25) is 0 Å². The number of hydrogen-bond acceptors (Lipinski definition) is 7. The first-order valence-corrected chi connectivity index (χ1v) is 12.8. The van der Waals surface area contributed by atoms with Crippen LogP contribution in [0.5, 0.6) is 0 Å². The van der Waals surface area contributed by atoms with Gasteiger partial charge in [0.15, 0.2) is 6.30 Å². The third-order valence-corrected chi connectivity index (χ3v) is 9.29. The van der Waals surface area contributed by atoms with E-state index in [1.807, 2.05) is 6.92 Å². The Hall–Kier alpha value is -1.21. The standard InChI is InChI=1S/C18H29FN6O3S2/c1-2-14-9-13(21-16(26)18-23-22-17(29-18)11-3-4-11)10-15(19)25(14)30(27,28)24-7-5-12(20)6-8-24/h11-15H,2-10,20H2,1H3,(H,21,26)/t13-,14+,15+/m1/s1. The van der Waals surface area contributed by atoms with Crippen molar-refractivity contribution in [3.63, 3.8) is 0 Å². The first-order chi connectivity index (χ1) is 14.3. The number of carbonyl (C=O) groups is 1. The minimum absolute atomic E-state index is 0.0127. The monoisotopic (exact) mass is 460 g/mol. The quantitative estimate of drug-likeness (QED) is 0.618. The summed E-state index contributed by atoms with van der Waals surface area (Å²) in [4.78, 5) is 12.5. The lowest BCUT2D eigenvalue weighted by Crippen LogP contribution is -2.59. The summed E-state index contributed by atoms with van der Waals surface area (Å²) in [6.45, 7) is 2.45. The molecule has 1 aromatic rings. The van der Waals surface area contributed by atoms with Crippen molar-refractivity contribution in [1.82, 2.24) is 24.1 Å². The number of carbonyl (C=O) groups excluding carboxylic acids is 1. The Morgan fingerprint density at radius 2 is 1.93 bits per heavy atom. The van der Waals surface area contributed by atoms with Crippen molar-refractivity contribution in [2.75, 3.05) is 13.1 Å². The first-order valence-electron chi connectivity index (χ1n) is 10.6. The number of nitrogens with one attached hydrogen (secondary N) is 1. The highest BCUT2D eigenvalue weighted by Crippen LogP contribution is 2.41. The number of nitrogens with two attached hydrogens (primary N) is 1. The van der Waals surface area contributed by atoms with Crippen LogP contribution in [0.3, 0.4) is 0 Å². The Labute approximate surface area is 180 Å². The van der Waals surface area contributed by atoms with Gasteiger partial charge in [0.2, 0.25) is 5.01 Å². The maximum absolute atomic E-state index is 15.2. The highest BCUT2D eigenvalue weighted by atomic mass is 32.2. The van der Waals surface area contributed by atoms with Gasteiger partial charge in [-0.15, -0.1) is 10.2 Å². The van der Waals surface area contributed by atoms with Gasteiger partial charge in [0.25, 0.3) is 16.1 Å². The van der Waals surface area contributed by atoms with Crippen molar-refractivity contribution >= 4 is 27.5 Å². The van der Waals surface area contributed by atoms with Crippen LogP contribution in [-0.4, -0.2) is 70.6 Å². The fourth-order valence-corrected chi connectivity index (χ4v) is 7.04. The minimum Gasteiger partial charge on any atom is -0.347 e. The smallest absolute Gasteiger partial charge is 0.284 e. The Morgan fingerprint density at radius 1 is 1.23 bits per heavy atom. The fourth-order valence-electron chi connectivity index (χ4n) is 4.20. The lowest BCUT2D eigenvalue weighted by atomic mass is 9.97. The predicted octanol–water partition coefficient (Wildman–Crippen LogP) is 1.35. The molecule has 0 bridgehead atoms. The lowest BCUT2D eigenvalue weighted by Gasteiger charge is -2.43. The summed E-state index contributed by atoms with van der Waals surface area (Å²) >= 11 is 1.28. The van der Waals surface area contributed by atoms with E-state index in [1.165, 1.54) is 15.6 Å². The molecule has 0 unspecified atom stereocenters. The molecule has 30 heavy (non-hydrogen) atoms. The van der Waals surface area contributed by atoms with Crippen molar-refractivity contribution < 1.29 is 17.6 Å². The molecule has 3 atom stereocenters. The van der Waals surface area contributed by atoms with Crippen LogP contribution >= 0.6 is 11.3 Å². The second-order valence-corrected chi connectivity index (χ2v) is 11.3. The summed E-state index contributed by atoms with van der Waals surface area (Å²) in [5.41, 5.74) is 5.88. The van der Waals surface area contributed by atoms with E-state index in [0.717, 1.165) is 22.2 Å². The molecule has 12 heteroatoms. The summed E-state index contributed by atoms with van der Waals surface area (Å²) in [6.07, 6.45) is 2.36. The van der Waals surface area contributed by atoms with Crippen LogP contribution < -0.4 is 11.1 Å². The Balaban J connectivity index is 1.41. The zero-order valence-corrected chi connectivity index (χ0v) is 18.7. The zero-order valence-electron chi connectivity index (χ0n) is 17.0. The molecule has 0 aromatic carbocycles. The summed E-state index contributed by atoms with van der Waals surface area (Å²) < 4.78 is 43.7. The highest BCUT2D eigenvalue weighted by molar-refractivity contribution is 7.86. The van der Waals surface area contributed by atoms with Gasteiger partial charge in [-0.3, -0.25) is 4.79 Å². The highest BCUT2D eigenvalue weighted by Gasteiger charge is 2.45. The number of alkyl halides is 1. The Bertz CT molecular complexity index is 869. The van der Waals surface area contributed by atoms with E-state index in [1.54, 1.807) is 0 Å². The van der Waals surface area contributed by atoms with Crippen molar-refractivity contribution in [2.24, 2.45) is 5.73 Å².